The molecule has 0 radical (unpaired) electrons. The highest BCUT2D eigenvalue weighted by atomic mass is 35.5. The molecule has 2 aromatic carbocycles. The van der Waals surface area contributed by atoms with E-state index in [9.17, 15) is 4.79 Å². The summed E-state index contributed by atoms with van der Waals surface area (Å²) in [5.74, 6) is 1.43. The monoisotopic (exact) mass is 680 g/mol. The van der Waals surface area contributed by atoms with Crippen LogP contribution in [-0.2, 0) is 9.63 Å². The van der Waals surface area contributed by atoms with E-state index in [-0.39, 0.29) is 11.9 Å². The van der Waals surface area contributed by atoms with Crippen LogP contribution in [0, 0.1) is 0 Å². The second-order valence-electron chi connectivity index (χ2n) is 11.9. The number of piperidine rings is 1. The molecule has 3 fully saturated rings. The number of methoxy groups -OCH3 is 1. The van der Waals surface area contributed by atoms with Gasteiger partial charge in [-0.15, -0.1) is 0 Å². The van der Waals surface area contributed by atoms with Crippen LogP contribution in [0.5, 0.6) is 5.75 Å². The van der Waals surface area contributed by atoms with E-state index in [1.807, 2.05) is 24.3 Å². The van der Waals surface area contributed by atoms with Gasteiger partial charge in [0.25, 0.3) is 0 Å². The Hall–Kier alpha value is -3.61. The Morgan fingerprint density at radius 2 is 1.85 bits per heavy atom. The zero-order chi connectivity index (χ0) is 32.9. The Morgan fingerprint density at radius 3 is 2.57 bits per heavy atom. The predicted molar refractivity (Wildman–Crippen MR) is 188 cm³/mol. The highest BCUT2D eigenvalue weighted by Gasteiger charge is 2.32. The molecule has 4 heterocycles. The maximum Gasteiger partial charge on any atom is 0.247 e. The van der Waals surface area contributed by atoms with E-state index < -0.39 is 0 Å². The average molecular weight is 682 g/mol. The van der Waals surface area contributed by atoms with E-state index in [1.165, 1.54) is 12.4 Å². The number of halogens is 2. The maximum absolute atomic E-state index is 12.6. The van der Waals surface area contributed by atoms with Crippen molar-refractivity contribution in [2.45, 2.75) is 38.3 Å². The molecule has 6 rings (SSSR count). The van der Waals surface area contributed by atoms with Crippen molar-refractivity contribution in [1.82, 2.24) is 19.8 Å². The van der Waals surface area contributed by atoms with Crippen LogP contribution < -0.4 is 25.3 Å². The summed E-state index contributed by atoms with van der Waals surface area (Å²) in [5.41, 5.74) is 3.08. The van der Waals surface area contributed by atoms with Crippen LogP contribution in [0.3, 0.4) is 0 Å². The summed E-state index contributed by atoms with van der Waals surface area (Å²) >= 11 is 12.9. The molecule has 2 N–H and O–H groups in total. The largest absolute Gasteiger partial charge is 0.494 e. The quantitative estimate of drug-likeness (QED) is 0.243. The van der Waals surface area contributed by atoms with E-state index in [4.69, 9.17) is 32.8 Å². The predicted octanol–water partition coefficient (Wildman–Crippen LogP) is 6.15. The lowest BCUT2D eigenvalue weighted by Gasteiger charge is -2.43. The summed E-state index contributed by atoms with van der Waals surface area (Å²) in [6.07, 6.45) is 5.60. The molecule has 13 heteroatoms. The average Bonchev–Trinajstić information content (AvgIpc) is 3.60. The van der Waals surface area contributed by atoms with Gasteiger partial charge in [-0.3, -0.25) is 14.5 Å². The molecule has 3 saturated heterocycles. The molecule has 1 amide bonds. The molecule has 0 unspecified atom stereocenters. The van der Waals surface area contributed by atoms with Gasteiger partial charge >= 0.3 is 0 Å². The molecule has 250 valence electrons. The van der Waals surface area contributed by atoms with Crippen LogP contribution in [0.25, 0.3) is 0 Å². The number of benzene rings is 2. The van der Waals surface area contributed by atoms with Crippen molar-refractivity contribution >= 4 is 57.8 Å². The Morgan fingerprint density at radius 1 is 1.06 bits per heavy atom. The fourth-order valence-electron chi connectivity index (χ4n) is 6.73. The number of piperazine rings is 1. The van der Waals surface area contributed by atoms with E-state index in [2.05, 4.69) is 48.8 Å². The maximum atomic E-state index is 12.6. The number of likely N-dealkylation sites (N-methyl/N-ethyl adjacent to an activating group) is 1. The molecule has 11 nitrogen and oxygen atoms in total. The van der Waals surface area contributed by atoms with Gasteiger partial charge in [-0.2, -0.15) is 0 Å². The minimum Gasteiger partial charge on any atom is -0.494 e. The lowest BCUT2D eigenvalue weighted by Crippen LogP contribution is -2.53. The van der Waals surface area contributed by atoms with Crippen molar-refractivity contribution in [1.29, 1.82) is 0 Å². The smallest absolute Gasteiger partial charge is 0.247 e. The number of carbonyl (C=O) groups excluding carboxylic acids is 1. The standard InChI is InChI=1S/C34H42Cl2N8O3/c1-4-33(45)40-26-19-27(30(46-3)20-29(26)43-12-9-23(10-13-43)42-16-14-41(5-2)15-17-42)39-31-21-32(38-22-37-31)44-28(11-18-47-44)24-7-6-8-25(35)34(24)36/h4,6-8,19-23,28H,1,5,9-18H2,2-3H3,(H,40,45)(H,37,38,39)/t28-/m1/s1. The van der Waals surface area contributed by atoms with Gasteiger partial charge in [0.1, 0.15) is 17.9 Å². The fraction of sp³-hybridized carbons (Fsp3) is 0.441. The molecule has 1 atom stereocenters. The Labute approximate surface area is 286 Å². The number of hydroxylamine groups is 1. The van der Waals surface area contributed by atoms with Crippen molar-refractivity contribution in [3.8, 4) is 5.75 Å². The Balaban J connectivity index is 1.22. The van der Waals surface area contributed by atoms with Gasteiger partial charge in [0, 0.05) is 63.9 Å². The Bertz CT molecular complexity index is 1580. The summed E-state index contributed by atoms with van der Waals surface area (Å²) in [5, 5.41) is 9.12. The van der Waals surface area contributed by atoms with Crippen LogP contribution in [0.2, 0.25) is 10.0 Å². The van der Waals surface area contributed by atoms with Gasteiger partial charge in [-0.25, -0.2) is 15.0 Å². The van der Waals surface area contributed by atoms with Gasteiger partial charge in [-0.1, -0.05) is 48.8 Å². The van der Waals surface area contributed by atoms with Gasteiger partial charge in [-0.05, 0) is 43.2 Å². The zero-order valence-corrected chi connectivity index (χ0v) is 28.4. The normalized spacial score (nSPS) is 19.5. The lowest BCUT2D eigenvalue weighted by atomic mass is 10.0. The summed E-state index contributed by atoms with van der Waals surface area (Å²) < 4.78 is 5.86. The Kier molecular flexibility index (Phi) is 10.7. The topological polar surface area (TPSA) is 98.3 Å². The van der Waals surface area contributed by atoms with Crippen LogP contribution in [0.4, 0.5) is 28.7 Å². The van der Waals surface area contributed by atoms with Gasteiger partial charge < -0.3 is 25.2 Å². The van der Waals surface area contributed by atoms with Crippen molar-refractivity contribution in [3.05, 3.63) is 71.0 Å². The molecular formula is C34H42Cl2N8O3. The highest BCUT2D eigenvalue weighted by molar-refractivity contribution is 6.42. The number of nitrogens with zero attached hydrogens (tertiary/aromatic N) is 6. The SMILES string of the molecule is C=CC(=O)Nc1cc(Nc2cc(N3OCC[C@@H]3c3cccc(Cl)c3Cl)ncn2)c(OC)cc1N1CCC(N2CCN(CC)CC2)CC1. The van der Waals surface area contributed by atoms with Crippen molar-refractivity contribution in [3.63, 3.8) is 0 Å². The number of rotatable bonds is 10. The number of hydrogen-bond acceptors (Lipinski definition) is 10. The minimum atomic E-state index is -0.285. The third kappa shape index (κ3) is 7.44. The molecule has 0 bridgehead atoms. The van der Waals surface area contributed by atoms with Crippen LogP contribution in [-0.4, -0.2) is 91.2 Å². The van der Waals surface area contributed by atoms with E-state index in [0.29, 0.717) is 51.5 Å². The molecule has 1 aromatic heterocycles. The van der Waals surface area contributed by atoms with Gasteiger partial charge in [0.15, 0.2) is 5.82 Å². The molecule has 3 aromatic rings. The third-order valence-electron chi connectivity index (χ3n) is 9.32. The first-order valence-corrected chi connectivity index (χ1v) is 17.0. The molecule has 47 heavy (non-hydrogen) atoms. The number of ether oxygens (including phenoxy) is 1. The second-order valence-corrected chi connectivity index (χ2v) is 12.7. The van der Waals surface area contributed by atoms with E-state index in [0.717, 1.165) is 76.3 Å². The van der Waals surface area contributed by atoms with Crippen LogP contribution in [0.15, 0.2) is 55.4 Å². The number of amides is 1. The molecule has 0 spiro atoms. The molecule has 0 aliphatic carbocycles. The van der Waals surface area contributed by atoms with Crippen LogP contribution >= 0.6 is 23.2 Å². The zero-order valence-electron chi connectivity index (χ0n) is 26.9. The second kappa shape index (κ2) is 15.1. The molecular weight excluding hydrogens is 639 g/mol. The minimum absolute atomic E-state index is 0.163. The van der Waals surface area contributed by atoms with Crippen molar-refractivity contribution in [2.75, 3.05) is 80.1 Å². The lowest BCUT2D eigenvalue weighted by molar-refractivity contribution is -0.111. The summed E-state index contributed by atoms with van der Waals surface area (Å²) in [4.78, 5) is 35.0. The number of nitrogens with one attached hydrogen (secondary N) is 2. The summed E-state index contributed by atoms with van der Waals surface area (Å²) in [7, 11) is 1.64. The van der Waals surface area contributed by atoms with Crippen LogP contribution in [0.1, 0.15) is 37.8 Å². The highest BCUT2D eigenvalue weighted by Crippen LogP contribution is 2.42. The van der Waals surface area contributed by atoms with E-state index >= 15 is 0 Å². The number of carbonyl (C=O) groups is 1. The number of anilines is 5. The first-order valence-electron chi connectivity index (χ1n) is 16.2. The number of aromatic nitrogens is 2. The summed E-state index contributed by atoms with van der Waals surface area (Å²) in [6.45, 7) is 13.8. The van der Waals surface area contributed by atoms with Crippen molar-refractivity contribution in [2.24, 2.45) is 0 Å². The molecule has 3 aliphatic rings. The van der Waals surface area contributed by atoms with Gasteiger partial charge in [0.05, 0.1) is 46.9 Å². The summed E-state index contributed by atoms with van der Waals surface area (Å²) in [6, 6.07) is 11.7. The molecule has 3 aliphatic heterocycles. The third-order valence-corrected chi connectivity index (χ3v) is 10.2. The fourth-order valence-corrected chi connectivity index (χ4v) is 7.16. The first-order chi connectivity index (χ1) is 22.9. The first kappa shape index (κ1) is 33.3. The van der Waals surface area contributed by atoms with E-state index in [1.54, 1.807) is 24.3 Å². The number of hydrogen-bond donors (Lipinski definition) is 2. The van der Waals surface area contributed by atoms with Crippen molar-refractivity contribution < 1.29 is 14.4 Å². The molecule has 0 saturated carbocycles. The van der Waals surface area contributed by atoms with Gasteiger partial charge in [0.2, 0.25) is 5.91 Å².